The van der Waals surface area contributed by atoms with Crippen LogP contribution in [0.25, 0.3) is 0 Å². The van der Waals surface area contributed by atoms with E-state index >= 15 is 0 Å². The molecular formula is C12H17Cl2F2N5O5. The molecule has 0 aromatic carbocycles. The molecule has 0 spiro atoms. The molecule has 1 aliphatic heterocycles. The Morgan fingerprint density at radius 1 is 1.50 bits per heavy atom. The second-order valence-corrected chi connectivity index (χ2v) is 6.92. The molecule has 2 unspecified atom stereocenters. The number of carbonyl (C=O) groups excluding carboxylic acids is 1. The molecule has 1 amide bonds. The lowest BCUT2D eigenvalue weighted by molar-refractivity contribution is -0.279. The first kappa shape index (κ1) is 21.1. The minimum absolute atomic E-state index is 0.768. The van der Waals surface area contributed by atoms with Crippen LogP contribution >= 0.6 is 23.2 Å². The van der Waals surface area contributed by atoms with Gasteiger partial charge in [-0.15, -0.1) is 5.10 Å². The van der Waals surface area contributed by atoms with Gasteiger partial charge in [0.2, 0.25) is 5.85 Å². The van der Waals surface area contributed by atoms with Gasteiger partial charge in [-0.3, -0.25) is 4.79 Å². The maximum absolute atomic E-state index is 14.8. The van der Waals surface area contributed by atoms with E-state index < -0.39 is 59.8 Å². The van der Waals surface area contributed by atoms with Crippen LogP contribution in [0.15, 0.2) is 6.33 Å². The van der Waals surface area contributed by atoms with Gasteiger partial charge in [-0.2, -0.15) is 0 Å². The highest BCUT2D eigenvalue weighted by atomic mass is 35.5. The van der Waals surface area contributed by atoms with Crippen LogP contribution in [0.1, 0.15) is 13.0 Å². The molecule has 7 atom stereocenters. The summed E-state index contributed by atoms with van der Waals surface area (Å²) < 4.78 is 35.2. The quantitative estimate of drug-likeness (QED) is 0.414. The summed E-state index contributed by atoms with van der Waals surface area (Å²) in [6.45, 7) is -0.128. The van der Waals surface area contributed by atoms with Crippen LogP contribution in [0, 0.1) is 0 Å². The summed E-state index contributed by atoms with van der Waals surface area (Å²) in [7, 11) is 0. The largest absolute Gasteiger partial charge is 0.394 e. The van der Waals surface area contributed by atoms with Crippen molar-refractivity contribution in [2.75, 3.05) is 6.61 Å². The lowest BCUT2D eigenvalue weighted by Crippen LogP contribution is -2.67. The summed E-state index contributed by atoms with van der Waals surface area (Å²) in [5, 5.41) is 41.3. The molecule has 1 aromatic rings. The number of nitrogens with one attached hydrogen (secondary N) is 1. The van der Waals surface area contributed by atoms with Gasteiger partial charge in [0.1, 0.15) is 30.7 Å². The summed E-state index contributed by atoms with van der Waals surface area (Å²) in [4.78, 5) is 10.3. The fraction of sp³-hybridized carbons (Fsp3) is 0.833. The first-order chi connectivity index (χ1) is 12.1. The van der Waals surface area contributed by atoms with Gasteiger partial charge < -0.3 is 25.4 Å². The lowest BCUT2D eigenvalue weighted by Gasteiger charge is -2.47. The number of tetrazole rings is 1. The van der Waals surface area contributed by atoms with Crippen LogP contribution in [-0.2, 0) is 9.53 Å². The number of halogens is 4. The van der Waals surface area contributed by atoms with Crippen molar-refractivity contribution in [3.05, 3.63) is 6.33 Å². The molecule has 2 rings (SSSR count). The second-order valence-electron chi connectivity index (χ2n) is 5.83. The Hall–Kier alpha value is -1.18. The third kappa shape index (κ3) is 4.21. The molecule has 0 radical (unpaired) electrons. The molecule has 0 bridgehead atoms. The van der Waals surface area contributed by atoms with E-state index in [4.69, 9.17) is 33.0 Å². The fourth-order valence-electron chi connectivity index (χ4n) is 2.69. The summed E-state index contributed by atoms with van der Waals surface area (Å²) >= 11 is 11.0. The first-order valence-electron chi connectivity index (χ1n) is 7.39. The highest BCUT2D eigenvalue weighted by molar-refractivity contribution is 6.53. The third-order valence-electron chi connectivity index (χ3n) is 3.98. The van der Waals surface area contributed by atoms with Crippen LogP contribution in [0.5, 0.6) is 0 Å². The molecule has 0 aliphatic carbocycles. The van der Waals surface area contributed by atoms with Crippen molar-refractivity contribution in [1.29, 1.82) is 0 Å². The van der Waals surface area contributed by atoms with Crippen molar-refractivity contribution in [1.82, 2.24) is 25.5 Å². The van der Waals surface area contributed by atoms with E-state index in [1.54, 1.807) is 0 Å². The van der Waals surface area contributed by atoms with E-state index in [2.05, 4.69) is 20.8 Å². The van der Waals surface area contributed by atoms with E-state index in [0.717, 1.165) is 17.9 Å². The smallest absolute Gasteiger partial charge is 0.253 e. The number of hydrogen-bond donors (Lipinski definition) is 4. The van der Waals surface area contributed by atoms with E-state index in [1.807, 2.05) is 0 Å². The third-order valence-corrected chi connectivity index (χ3v) is 4.37. The molecular weight excluding hydrogens is 403 g/mol. The Morgan fingerprint density at radius 3 is 2.65 bits per heavy atom. The Kier molecular flexibility index (Phi) is 6.69. The lowest BCUT2D eigenvalue weighted by atomic mass is 9.86. The van der Waals surface area contributed by atoms with Crippen molar-refractivity contribution in [2.24, 2.45) is 0 Å². The van der Waals surface area contributed by atoms with Crippen LogP contribution in [0.4, 0.5) is 8.78 Å². The number of ether oxygens (including phenoxy) is 1. The summed E-state index contributed by atoms with van der Waals surface area (Å²) in [5.74, 6) is -3.91. The number of nitrogens with zero attached hydrogens (tertiary/aromatic N) is 4. The maximum Gasteiger partial charge on any atom is 0.253 e. The molecule has 26 heavy (non-hydrogen) atoms. The zero-order chi connectivity index (χ0) is 19.6. The number of rotatable bonds is 6. The van der Waals surface area contributed by atoms with Crippen molar-refractivity contribution < 1.29 is 33.6 Å². The predicted molar refractivity (Wildman–Crippen MR) is 82.7 cm³/mol. The van der Waals surface area contributed by atoms with Crippen molar-refractivity contribution in [2.45, 2.75) is 54.2 Å². The highest BCUT2D eigenvalue weighted by Gasteiger charge is 2.57. The van der Waals surface area contributed by atoms with Gasteiger partial charge in [-0.05, 0) is 17.4 Å². The van der Waals surface area contributed by atoms with Crippen LogP contribution < -0.4 is 5.32 Å². The Balaban J connectivity index is 2.47. The van der Waals surface area contributed by atoms with Gasteiger partial charge >= 0.3 is 0 Å². The molecule has 1 fully saturated rings. The number of aliphatic hydroxyl groups is 3. The van der Waals surface area contributed by atoms with Crippen LogP contribution in [0.3, 0.4) is 0 Å². The van der Waals surface area contributed by atoms with E-state index in [-0.39, 0.29) is 0 Å². The van der Waals surface area contributed by atoms with Gasteiger partial charge in [-0.25, -0.2) is 13.5 Å². The molecule has 1 aliphatic rings. The maximum atomic E-state index is 14.8. The summed E-state index contributed by atoms with van der Waals surface area (Å²) in [6.07, 6.45) is -6.75. The molecule has 148 valence electrons. The van der Waals surface area contributed by atoms with E-state index in [0.29, 0.717) is 0 Å². The van der Waals surface area contributed by atoms with Crippen molar-refractivity contribution >= 4 is 29.1 Å². The number of alkyl halides is 4. The normalized spacial score (nSPS) is 34.5. The van der Waals surface area contributed by atoms with E-state index in [9.17, 15) is 23.8 Å². The average molecular weight is 420 g/mol. The fourth-order valence-corrected chi connectivity index (χ4v) is 2.82. The highest BCUT2D eigenvalue weighted by Crippen LogP contribution is 2.40. The van der Waals surface area contributed by atoms with Gasteiger partial charge in [0.15, 0.2) is 11.0 Å². The number of aliphatic hydroxyl groups excluding tert-OH is 3. The molecule has 14 heteroatoms. The van der Waals surface area contributed by atoms with Crippen LogP contribution in [-0.4, -0.2) is 89.3 Å². The van der Waals surface area contributed by atoms with Gasteiger partial charge in [0.05, 0.1) is 12.6 Å². The Labute approximate surface area is 156 Å². The van der Waals surface area contributed by atoms with Gasteiger partial charge in [0.25, 0.3) is 5.91 Å². The van der Waals surface area contributed by atoms with Crippen LogP contribution in [0.2, 0.25) is 0 Å². The molecule has 10 nitrogen and oxygen atoms in total. The number of hydrogen-bond acceptors (Lipinski definition) is 8. The average Bonchev–Trinajstić information content (AvgIpc) is 3.10. The second kappa shape index (κ2) is 8.23. The first-order valence-corrected chi connectivity index (χ1v) is 8.26. The summed E-state index contributed by atoms with van der Waals surface area (Å²) in [5.41, 5.74) is 0. The zero-order valence-electron chi connectivity index (χ0n) is 13.3. The van der Waals surface area contributed by atoms with Gasteiger partial charge in [0, 0.05) is 0 Å². The monoisotopic (exact) mass is 419 g/mol. The number of aromatic nitrogens is 4. The zero-order valence-corrected chi connectivity index (χ0v) is 14.8. The summed E-state index contributed by atoms with van der Waals surface area (Å²) in [6, 6.07) is -3.06. The molecule has 1 aromatic heterocycles. The predicted octanol–water partition coefficient (Wildman–Crippen LogP) is -1.36. The minimum atomic E-state index is -2.93. The number of amides is 1. The van der Waals surface area contributed by atoms with Crippen molar-refractivity contribution in [3.8, 4) is 0 Å². The topological polar surface area (TPSA) is 143 Å². The van der Waals surface area contributed by atoms with Gasteiger partial charge in [-0.1, -0.05) is 23.2 Å². The van der Waals surface area contributed by atoms with E-state index in [1.165, 1.54) is 0 Å². The standard InChI is InChI=1S/C12H17Cl2F2N5O5/c1-12(16)9(15)6(21-3-17-19-20-21)5(18-11(25)10(13)14)8(26-12)7(24)4(23)2-22/h3-10,22-24H,2H2,1H3,(H,18,25)/t4-,5-,6-,7-,8-,9?,12?/m1/s1. The molecule has 1 saturated heterocycles. The Morgan fingerprint density at radius 2 is 2.15 bits per heavy atom. The number of carbonyl (C=O) groups is 1. The SMILES string of the molecule is CC1(F)O[C@@H]([C@H](O)[C@H](O)CO)[C@H](NC(=O)C(Cl)Cl)[C@@H](n2cnnn2)C1F. The van der Waals surface area contributed by atoms with Crippen molar-refractivity contribution in [3.63, 3.8) is 0 Å². The molecule has 2 heterocycles. The minimum Gasteiger partial charge on any atom is -0.394 e. The molecule has 0 saturated carbocycles. The Bertz CT molecular complexity index is 611. The molecule has 4 N–H and O–H groups in total.